The van der Waals surface area contributed by atoms with Gasteiger partial charge in [-0.2, -0.15) is 0 Å². The van der Waals surface area contributed by atoms with Crippen molar-refractivity contribution in [1.82, 2.24) is 14.4 Å². The summed E-state index contributed by atoms with van der Waals surface area (Å²) in [6.45, 7) is 8.13. The molecule has 3 N–H and O–H groups in total. The maximum Gasteiger partial charge on any atom is 0.260 e. The number of benzene rings is 4. The number of ether oxygens (including phenoxy) is 2. The van der Waals surface area contributed by atoms with Gasteiger partial charge >= 0.3 is 0 Å². The Kier molecular flexibility index (Phi) is 10.8. The Morgan fingerprint density at radius 3 is 2.35 bits per heavy atom. The highest BCUT2D eigenvalue weighted by Crippen LogP contribution is 2.35. The van der Waals surface area contributed by atoms with Gasteiger partial charge in [-0.05, 0) is 97.1 Å². The van der Waals surface area contributed by atoms with Crippen molar-refractivity contribution in [2.24, 2.45) is 12.8 Å². The first kappa shape index (κ1) is 37.4. The molecule has 1 fully saturated rings. The molecule has 1 unspecified atom stereocenters. The molecule has 7 rings (SSSR count). The van der Waals surface area contributed by atoms with Gasteiger partial charge in [0.1, 0.15) is 11.5 Å². The van der Waals surface area contributed by atoms with E-state index >= 15 is 0 Å². The quantitative estimate of drug-likeness (QED) is 0.183. The normalized spacial score (nSPS) is 15.7. The van der Waals surface area contributed by atoms with Crippen LogP contribution in [0, 0.1) is 13.8 Å². The van der Waals surface area contributed by atoms with Crippen molar-refractivity contribution < 1.29 is 29.0 Å². The second-order valence-corrected chi connectivity index (χ2v) is 14.3. The molecule has 1 aromatic heterocycles. The van der Waals surface area contributed by atoms with E-state index in [9.17, 15) is 19.5 Å². The molecule has 3 heterocycles. The highest BCUT2D eigenvalue weighted by atomic mass is 16.5. The molecule has 0 bridgehead atoms. The van der Waals surface area contributed by atoms with Crippen LogP contribution in [-0.2, 0) is 31.3 Å². The number of fused-ring (bicyclic) bond motifs is 1. The average Bonchev–Trinajstić information content (AvgIpc) is 3.50. The number of hydrogen-bond donors (Lipinski definition) is 2. The minimum Gasteiger partial charge on any atom is -0.508 e. The predicted molar refractivity (Wildman–Crippen MR) is 212 cm³/mol. The van der Waals surface area contributed by atoms with Gasteiger partial charge in [-0.1, -0.05) is 36.4 Å². The number of carbonyl (C=O) groups is 3. The second kappa shape index (κ2) is 15.8. The van der Waals surface area contributed by atoms with Gasteiger partial charge in [0.2, 0.25) is 5.91 Å². The van der Waals surface area contributed by atoms with Gasteiger partial charge < -0.3 is 34.7 Å². The van der Waals surface area contributed by atoms with Crippen LogP contribution < -0.4 is 15.4 Å². The minimum atomic E-state index is -0.619. The number of primary amides is 1. The third-order valence-corrected chi connectivity index (χ3v) is 11.1. The van der Waals surface area contributed by atoms with Gasteiger partial charge in [0.05, 0.1) is 32.4 Å². The maximum atomic E-state index is 14.9. The summed E-state index contributed by atoms with van der Waals surface area (Å²) in [4.78, 5) is 48.2. The van der Waals surface area contributed by atoms with E-state index in [1.54, 1.807) is 60.5 Å². The molecule has 5 aromatic rings. The smallest absolute Gasteiger partial charge is 0.260 e. The lowest BCUT2D eigenvalue weighted by atomic mass is 9.91. The summed E-state index contributed by atoms with van der Waals surface area (Å²) in [6.07, 6.45) is 0.718. The van der Waals surface area contributed by atoms with E-state index in [1.165, 1.54) is 5.56 Å². The monoisotopic (exact) mass is 741 g/mol. The summed E-state index contributed by atoms with van der Waals surface area (Å²) in [5.74, 6) is -0.256. The molecule has 1 atom stereocenters. The van der Waals surface area contributed by atoms with Crippen molar-refractivity contribution in [1.29, 1.82) is 0 Å². The zero-order valence-corrected chi connectivity index (χ0v) is 31.7. The molecule has 0 saturated carbocycles. The van der Waals surface area contributed by atoms with E-state index in [2.05, 4.69) is 17.0 Å². The molecule has 0 radical (unpaired) electrons. The molecule has 0 aliphatic carbocycles. The van der Waals surface area contributed by atoms with Crippen molar-refractivity contribution in [3.63, 3.8) is 0 Å². The van der Waals surface area contributed by atoms with Crippen LogP contribution in [0.1, 0.15) is 59.0 Å². The Morgan fingerprint density at radius 1 is 0.909 bits per heavy atom. The highest BCUT2D eigenvalue weighted by molar-refractivity contribution is 6.09. The first-order valence-corrected chi connectivity index (χ1v) is 18.6. The van der Waals surface area contributed by atoms with Gasteiger partial charge in [0.15, 0.2) is 0 Å². The molecule has 4 aromatic carbocycles. The fraction of sp³-hybridized carbons (Fsp3) is 0.295. The van der Waals surface area contributed by atoms with E-state index in [0.717, 1.165) is 36.2 Å². The lowest BCUT2D eigenvalue weighted by Gasteiger charge is -2.40. The number of carbonyl (C=O) groups excluding carboxylic acids is 3. The van der Waals surface area contributed by atoms with Gasteiger partial charge in [0, 0.05) is 73.0 Å². The third kappa shape index (κ3) is 7.58. The Labute approximate surface area is 321 Å². The zero-order chi connectivity index (χ0) is 38.8. The number of phenols is 1. The predicted octanol–water partition coefficient (Wildman–Crippen LogP) is 5.87. The SMILES string of the molecule is COc1cccc(CN(C(=O)c2cc(-c3cc(C(N)=O)ccc3C(=O)N3Cc4ccccc4CC3CN3CCOCC3)n(C)c2C)c2ccc(O)cc2)c1C. The summed E-state index contributed by atoms with van der Waals surface area (Å²) >= 11 is 0. The standard InChI is InChI=1S/C44H47N5O6/c1-28-32(10-7-11-41(28)54-4)25-48(34-13-15-36(50)16-14-34)44(53)38-24-40(46(3)29(38)2)39-23-31(42(45)51)12-17-37(39)43(52)49-26-33-9-6-5-8-30(33)22-35(49)27-47-18-20-55-21-19-47/h5-17,23-24,35,50H,18-22,25-27H2,1-4H3,(H2,45,51). The summed E-state index contributed by atoms with van der Waals surface area (Å²) in [5, 5.41) is 10.1. The lowest BCUT2D eigenvalue weighted by Crippen LogP contribution is -2.52. The molecule has 2 aliphatic rings. The molecule has 2 aliphatic heterocycles. The van der Waals surface area contributed by atoms with Gasteiger partial charge in [0.25, 0.3) is 11.8 Å². The van der Waals surface area contributed by atoms with Crippen molar-refractivity contribution in [2.45, 2.75) is 39.4 Å². The third-order valence-electron chi connectivity index (χ3n) is 11.1. The summed E-state index contributed by atoms with van der Waals surface area (Å²) in [6, 6.07) is 27.1. The molecule has 3 amide bonds. The summed E-state index contributed by atoms with van der Waals surface area (Å²) in [7, 11) is 3.46. The van der Waals surface area contributed by atoms with E-state index < -0.39 is 5.91 Å². The largest absolute Gasteiger partial charge is 0.508 e. The molecule has 0 spiro atoms. The number of aromatic hydroxyl groups is 1. The van der Waals surface area contributed by atoms with E-state index in [0.29, 0.717) is 65.8 Å². The van der Waals surface area contributed by atoms with Gasteiger partial charge in [-0.15, -0.1) is 0 Å². The number of aromatic nitrogens is 1. The van der Waals surface area contributed by atoms with Crippen LogP contribution in [0.4, 0.5) is 5.69 Å². The van der Waals surface area contributed by atoms with Crippen LogP contribution in [-0.4, -0.2) is 83.2 Å². The van der Waals surface area contributed by atoms with E-state index in [1.807, 2.05) is 60.7 Å². The summed E-state index contributed by atoms with van der Waals surface area (Å²) < 4.78 is 13.1. The van der Waals surface area contributed by atoms with Crippen LogP contribution in [0.3, 0.4) is 0 Å². The number of nitrogens with two attached hydrogens (primary N) is 1. The number of methoxy groups -OCH3 is 1. The first-order chi connectivity index (χ1) is 26.5. The number of anilines is 1. The fourth-order valence-electron chi connectivity index (χ4n) is 7.78. The van der Waals surface area contributed by atoms with Crippen LogP contribution in [0.25, 0.3) is 11.3 Å². The number of rotatable bonds is 10. The van der Waals surface area contributed by atoms with E-state index in [-0.39, 0.29) is 35.7 Å². The van der Waals surface area contributed by atoms with E-state index in [4.69, 9.17) is 15.2 Å². The van der Waals surface area contributed by atoms with Crippen molar-refractivity contribution >= 4 is 23.4 Å². The lowest BCUT2D eigenvalue weighted by molar-refractivity contribution is 0.0193. The Balaban J connectivity index is 1.29. The molecule has 11 nitrogen and oxygen atoms in total. The van der Waals surface area contributed by atoms with Crippen LogP contribution >= 0.6 is 0 Å². The minimum absolute atomic E-state index is 0.0859. The van der Waals surface area contributed by atoms with Crippen LogP contribution in [0.2, 0.25) is 0 Å². The van der Waals surface area contributed by atoms with Crippen molar-refractivity contribution in [2.75, 3.05) is 44.9 Å². The molecular formula is C44H47N5O6. The zero-order valence-electron chi connectivity index (χ0n) is 31.7. The molecule has 284 valence electrons. The molecule has 11 heteroatoms. The Bertz CT molecular complexity index is 2240. The molecule has 55 heavy (non-hydrogen) atoms. The number of amides is 3. The van der Waals surface area contributed by atoms with Crippen LogP contribution in [0.15, 0.2) is 91.0 Å². The first-order valence-electron chi connectivity index (χ1n) is 18.6. The van der Waals surface area contributed by atoms with Crippen molar-refractivity contribution in [3.8, 4) is 22.8 Å². The fourth-order valence-corrected chi connectivity index (χ4v) is 7.78. The van der Waals surface area contributed by atoms with Gasteiger partial charge in [-0.3, -0.25) is 19.3 Å². The van der Waals surface area contributed by atoms with Crippen molar-refractivity contribution in [3.05, 3.63) is 136 Å². The number of phenolic OH excluding ortho intramolecular Hbond substituents is 1. The Morgan fingerprint density at radius 2 is 1.64 bits per heavy atom. The number of nitrogens with zero attached hydrogens (tertiary/aromatic N) is 4. The number of morpholine rings is 1. The topological polar surface area (TPSA) is 131 Å². The van der Waals surface area contributed by atoms with Gasteiger partial charge in [-0.25, -0.2) is 0 Å². The highest BCUT2D eigenvalue weighted by Gasteiger charge is 2.34. The number of hydrogen-bond acceptors (Lipinski definition) is 7. The average molecular weight is 742 g/mol. The molecular weight excluding hydrogens is 695 g/mol. The maximum absolute atomic E-state index is 14.9. The second-order valence-electron chi connectivity index (χ2n) is 14.3. The molecule has 1 saturated heterocycles. The Hall–Kier alpha value is -5.91. The summed E-state index contributed by atoms with van der Waals surface area (Å²) in [5.41, 5.74) is 13.4. The van der Waals surface area contributed by atoms with Crippen LogP contribution in [0.5, 0.6) is 11.5 Å².